The number of amides is 1. The molecule has 0 spiro atoms. The van der Waals surface area contributed by atoms with Gasteiger partial charge in [-0.15, -0.1) is 0 Å². The van der Waals surface area contributed by atoms with Crippen LogP contribution in [0.5, 0.6) is 0 Å². The molecule has 0 aliphatic carbocycles. The highest BCUT2D eigenvalue weighted by Crippen LogP contribution is 2.36. The fourth-order valence-corrected chi connectivity index (χ4v) is 3.60. The standard InChI is InChI=1S/C13H11F3N2OS2/c1-2-20-12-18-11(19)10(21-12)9(17)7-3-5-8(6-4-7)13(14,15)16/h2-6,9-10H,1,17H2. The van der Waals surface area contributed by atoms with Crippen LogP contribution in [-0.4, -0.2) is 15.5 Å². The van der Waals surface area contributed by atoms with Gasteiger partial charge in [0, 0.05) is 0 Å². The van der Waals surface area contributed by atoms with Crippen LogP contribution in [0.15, 0.2) is 41.2 Å². The van der Waals surface area contributed by atoms with Gasteiger partial charge in [-0.05, 0) is 23.1 Å². The van der Waals surface area contributed by atoms with Gasteiger partial charge in [-0.2, -0.15) is 18.2 Å². The molecule has 2 rings (SSSR count). The van der Waals surface area contributed by atoms with E-state index in [4.69, 9.17) is 5.73 Å². The van der Waals surface area contributed by atoms with Crippen LogP contribution in [0.4, 0.5) is 13.2 Å². The van der Waals surface area contributed by atoms with Crippen LogP contribution in [0.2, 0.25) is 0 Å². The number of hydrogen-bond acceptors (Lipinski definition) is 4. The number of benzene rings is 1. The van der Waals surface area contributed by atoms with Crippen molar-refractivity contribution in [1.82, 2.24) is 0 Å². The van der Waals surface area contributed by atoms with Crippen molar-refractivity contribution in [2.45, 2.75) is 17.5 Å². The molecule has 8 heteroatoms. The van der Waals surface area contributed by atoms with Crippen LogP contribution in [0.25, 0.3) is 0 Å². The number of rotatable bonds is 3. The Labute approximate surface area is 127 Å². The summed E-state index contributed by atoms with van der Waals surface area (Å²) >= 11 is 2.42. The van der Waals surface area contributed by atoms with Crippen molar-refractivity contribution in [2.75, 3.05) is 0 Å². The number of aliphatic imine (C=N–C) groups is 1. The van der Waals surface area contributed by atoms with Gasteiger partial charge in [-0.3, -0.25) is 4.79 Å². The zero-order valence-corrected chi connectivity index (χ0v) is 12.3. The molecule has 1 aliphatic heterocycles. The fraction of sp³-hybridized carbons (Fsp3) is 0.231. The molecule has 1 amide bonds. The first-order valence-electron chi connectivity index (χ1n) is 5.82. The highest BCUT2D eigenvalue weighted by atomic mass is 32.2. The van der Waals surface area contributed by atoms with Crippen molar-refractivity contribution in [2.24, 2.45) is 10.7 Å². The summed E-state index contributed by atoms with van der Waals surface area (Å²) in [6.45, 7) is 3.53. The topological polar surface area (TPSA) is 55.5 Å². The normalized spacial score (nSPS) is 20.3. The predicted molar refractivity (Wildman–Crippen MR) is 80.0 cm³/mol. The van der Waals surface area contributed by atoms with Gasteiger partial charge in [0.05, 0.1) is 11.6 Å². The van der Waals surface area contributed by atoms with Gasteiger partial charge in [0.25, 0.3) is 5.91 Å². The van der Waals surface area contributed by atoms with Gasteiger partial charge in [0.2, 0.25) is 0 Å². The number of thioether (sulfide) groups is 2. The summed E-state index contributed by atoms with van der Waals surface area (Å²) in [6.07, 6.45) is -4.39. The van der Waals surface area contributed by atoms with E-state index >= 15 is 0 Å². The average Bonchev–Trinajstić information content (AvgIpc) is 2.78. The lowest BCUT2D eigenvalue weighted by Gasteiger charge is -2.17. The lowest BCUT2D eigenvalue weighted by atomic mass is 10.0. The average molecular weight is 332 g/mol. The van der Waals surface area contributed by atoms with Crippen LogP contribution < -0.4 is 5.73 Å². The summed E-state index contributed by atoms with van der Waals surface area (Å²) in [5.74, 6) is -0.378. The Balaban J connectivity index is 2.13. The number of nitrogens with zero attached hydrogens (tertiary/aromatic N) is 1. The lowest BCUT2D eigenvalue weighted by molar-refractivity contribution is -0.137. The second kappa shape index (κ2) is 6.25. The van der Waals surface area contributed by atoms with Crippen molar-refractivity contribution in [3.05, 3.63) is 47.4 Å². The molecule has 1 aliphatic rings. The second-order valence-corrected chi connectivity index (χ2v) is 6.53. The van der Waals surface area contributed by atoms with Gasteiger partial charge < -0.3 is 5.73 Å². The fourth-order valence-electron chi connectivity index (χ4n) is 1.76. The monoisotopic (exact) mass is 332 g/mol. The van der Waals surface area contributed by atoms with E-state index in [9.17, 15) is 18.0 Å². The first kappa shape index (κ1) is 16.1. The predicted octanol–water partition coefficient (Wildman–Crippen LogP) is 3.58. The van der Waals surface area contributed by atoms with E-state index in [0.717, 1.165) is 12.1 Å². The molecule has 0 radical (unpaired) electrons. The summed E-state index contributed by atoms with van der Waals surface area (Å²) in [7, 11) is 0. The van der Waals surface area contributed by atoms with Crippen LogP contribution in [-0.2, 0) is 11.0 Å². The third-order valence-corrected chi connectivity index (χ3v) is 4.88. The molecule has 1 aromatic rings. The molecule has 3 nitrogen and oxygen atoms in total. The van der Waals surface area contributed by atoms with Crippen molar-refractivity contribution < 1.29 is 18.0 Å². The molecule has 0 bridgehead atoms. The van der Waals surface area contributed by atoms with Crippen LogP contribution in [0, 0.1) is 0 Å². The summed E-state index contributed by atoms with van der Waals surface area (Å²) in [5.41, 5.74) is 5.70. The largest absolute Gasteiger partial charge is 0.416 e. The molecule has 112 valence electrons. The van der Waals surface area contributed by atoms with Crippen molar-refractivity contribution in [3.63, 3.8) is 0 Å². The van der Waals surface area contributed by atoms with Crippen molar-refractivity contribution >= 4 is 33.8 Å². The zero-order valence-electron chi connectivity index (χ0n) is 10.6. The quantitative estimate of drug-likeness (QED) is 0.919. The van der Waals surface area contributed by atoms with Crippen LogP contribution >= 0.6 is 23.5 Å². The minimum Gasteiger partial charge on any atom is -0.323 e. The minimum atomic E-state index is -4.39. The molecule has 0 saturated carbocycles. The van der Waals surface area contributed by atoms with Gasteiger partial charge in [0.15, 0.2) is 0 Å². The van der Waals surface area contributed by atoms with E-state index in [2.05, 4.69) is 11.6 Å². The summed E-state index contributed by atoms with van der Waals surface area (Å²) in [5, 5.41) is 0.926. The maximum Gasteiger partial charge on any atom is 0.416 e. The Morgan fingerprint density at radius 2 is 2.00 bits per heavy atom. The minimum absolute atomic E-state index is 0.378. The number of hydrogen-bond donors (Lipinski definition) is 1. The zero-order chi connectivity index (χ0) is 15.6. The van der Waals surface area contributed by atoms with E-state index in [1.165, 1.54) is 35.7 Å². The molecule has 1 aromatic carbocycles. The van der Waals surface area contributed by atoms with Crippen LogP contribution in [0.3, 0.4) is 0 Å². The van der Waals surface area contributed by atoms with Gasteiger partial charge in [-0.25, -0.2) is 0 Å². The highest BCUT2D eigenvalue weighted by Gasteiger charge is 2.35. The summed E-state index contributed by atoms with van der Waals surface area (Å²) < 4.78 is 38.0. The second-order valence-electron chi connectivity index (χ2n) is 4.18. The SMILES string of the molecule is C=CSC1=NC(=O)C(C(N)c2ccc(C(F)(F)F)cc2)S1. The van der Waals surface area contributed by atoms with Gasteiger partial charge in [0.1, 0.15) is 9.63 Å². The molecule has 2 unspecified atom stereocenters. The molecule has 2 N–H and O–H groups in total. The van der Waals surface area contributed by atoms with Crippen molar-refractivity contribution in [1.29, 1.82) is 0 Å². The molecule has 1 heterocycles. The molecule has 0 fully saturated rings. The Kier molecular flexibility index (Phi) is 4.80. The molecular weight excluding hydrogens is 321 g/mol. The Morgan fingerprint density at radius 3 is 2.52 bits per heavy atom. The molecular formula is C13H11F3N2OS2. The smallest absolute Gasteiger partial charge is 0.323 e. The van der Waals surface area contributed by atoms with E-state index < -0.39 is 23.0 Å². The molecule has 2 atom stereocenters. The molecule has 0 saturated heterocycles. The molecule has 21 heavy (non-hydrogen) atoms. The number of alkyl halides is 3. The third-order valence-electron chi connectivity index (χ3n) is 2.81. The van der Waals surface area contributed by atoms with Gasteiger partial charge in [-0.1, -0.05) is 42.2 Å². The highest BCUT2D eigenvalue weighted by molar-refractivity contribution is 8.40. The van der Waals surface area contributed by atoms with E-state index in [0.29, 0.717) is 9.94 Å². The Bertz CT molecular complexity index is 584. The number of halogens is 3. The Morgan fingerprint density at radius 1 is 1.38 bits per heavy atom. The molecule has 0 aromatic heterocycles. The summed E-state index contributed by atoms with van der Waals surface area (Å²) in [4.78, 5) is 15.6. The summed E-state index contributed by atoms with van der Waals surface area (Å²) in [6, 6.07) is 3.79. The third kappa shape index (κ3) is 3.69. The van der Waals surface area contributed by atoms with Crippen LogP contribution in [0.1, 0.15) is 17.2 Å². The number of carbonyl (C=O) groups is 1. The maximum atomic E-state index is 12.5. The van der Waals surface area contributed by atoms with E-state index in [1.54, 1.807) is 5.41 Å². The van der Waals surface area contributed by atoms with Gasteiger partial charge >= 0.3 is 6.18 Å². The maximum absolute atomic E-state index is 12.5. The van der Waals surface area contributed by atoms with Crippen molar-refractivity contribution in [3.8, 4) is 0 Å². The van der Waals surface area contributed by atoms with E-state index in [-0.39, 0.29) is 5.91 Å². The first-order valence-corrected chi connectivity index (χ1v) is 7.58. The first-order chi connectivity index (χ1) is 9.82. The number of carbonyl (C=O) groups excluding carboxylic acids is 1. The lowest BCUT2D eigenvalue weighted by Crippen LogP contribution is -2.27. The Hall–Kier alpha value is -1.25. The van der Waals surface area contributed by atoms with E-state index in [1.807, 2.05) is 0 Å². The number of nitrogens with two attached hydrogens (primary N) is 1.